The van der Waals surface area contributed by atoms with E-state index in [4.69, 9.17) is 0 Å². The van der Waals surface area contributed by atoms with Crippen LogP contribution >= 0.6 is 0 Å². The van der Waals surface area contributed by atoms with Crippen molar-refractivity contribution in [3.05, 3.63) is 65.4 Å². The minimum absolute atomic E-state index is 0.112. The second-order valence-corrected chi connectivity index (χ2v) is 4.99. The maximum absolute atomic E-state index is 12.3. The molecule has 2 aromatic carbocycles. The van der Waals surface area contributed by atoms with Crippen LogP contribution in [0.4, 0.5) is 5.69 Å². The molecule has 3 heteroatoms. The van der Waals surface area contributed by atoms with E-state index in [9.17, 15) is 4.79 Å². The van der Waals surface area contributed by atoms with E-state index < -0.39 is 0 Å². The topological polar surface area (TPSA) is 44.9 Å². The SMILES string of the molecule is Cc1cccc(C)c1NC(=O)c1cc2ccccc2[nH]1. The zero-order valence-corrected chi connectivity index (χ0v) is 11.5. The predicted molar refractivity (Wildman–Crippen MR) is 82.2 cm³/mol. The van der Waals surface area contributed by atoms with Crippen molar-refractivity contribution in [2.24, 2.45) is 0 Å². The van der Waals surface area contributed by atoms with Gasteiger partial charge < -0.3 is 10.3 Å². The Bertz CT molecular complexity index is 733. The molecule has 0 spiro atoms. The summed E-state index contributed by atoms with van der Waals surface area (Å²) in [6.07, 6.45) is 0. The quantitative estimate of drug-likeness (QED) is 0.721. The van der Waals surface area contributed by atoms with E-state index in [0.717, 1.165) is 27.7 Å². The number of rotatable bonds is 2. The Labute approximate surface area is 117 Å². The minimum atomic E-state index is -0.112. The highest BCUT2D eigenvalue weighted by Gasteiger charge is 2.11. The lowest BCUT2D eigenvalue weighted by Crippen LogP contribution is -2.14. The second-order valence-electron chi connectivity index (χ2n) is 4.99. The maximum Gasteiger partial charge on any atom is 0.272 e. The molecular weight excluding hydrogens is 248 g/mol. The van der Waals surface area contributed by atoms with Crippen molar-refractivity contribution in [3.63, 3.8) is 0 Å². The summed E-state index contributed by atoms with van der Waals surface area (Å²) < 4.78 is 0. The number of anilines is 1. The molecule has 1 heterocycles. The highest BCUT2D eigenvalue weighted by molar-refractivity contribution is 6.06. The molecular formula is C17H16N2O. The first-order valence-electron chi connectivity index (χ1n) is 6.60. The number of benzene rings is 2. The molecule has 100 valence electrons. The van der Waals surface area contributed by atoms with Crippen LogP contribution in [-0.2, 0) is 0 Å². The minimum Gasteiger partial charge on any atom is -0.351 e. The standard InChI is InChI=1S/C17H16N2O/c1-11-6-5-7-12(2)16(11)19-17(20)15-10-13-8-3-4-9-14(13)18-15/h3-10,18H,1-2H3,(H,19,20). The van der Waals surface area contributed by atoms with Crippen LogP contribution in [0.3, 0.4) is 0 Å². The molecule has 3 rings (SSSR count). The third-order valence-corrected chi connectivity index (χ3v) is 3.49. The van der Waals surface area contributed by atoms with Gasteiger partial charge in [0.15, 0.2) is 0 Å². The van der Waals surface area contributed by atoms with Crippen molar-refractivity contribution in [1.82, 2.24) is 4.98 Å². The first kappa shape index (κ1) is 12.5. The summed E-state index contributed by atoms with van der Waals surface area (Å²) in [5, 5.41) is 4.03. The number of nitrogens with one attached hydrogen (secondary N) is 2. The summed E-state index contributed by atoms with van der Waals surface area (Å²) in [5.74, 6) is -0.112. The van der Waals surface area contributed by atoms with E-state index >= 15 is 0 Å². The van der Waals surface area contributed by atoms with Crippen molar-refractivity contribution >= 4 is 22.5 Å². The predicted octanol–water partition coefficient (Wildman–Crippen LogP) is 4.04. The third kappa shape index (κ3) is 2.18. The molecule has 0 saturated heterocycles. The normalized spacial score (nSPS) is 10.7. The summed E-state index contributed by atoms with van der Waals surface area (Å²) in [5.41, 5.74) is 4.56. The van der Waals surface area contributed by atoms with Crippen LogP contribution in [0, 0.1) is 13.8 Å². The smallest absolute Gasteiger partial charge is 0.272 e. The van der Waals surface area contributed by atoms with Crippen LogP contribution in [0.1, 0.15) is 21.6 Å². The van der Waals surface area contributed by atoms with Gasteiger partial charge in [0.05, 0.1) is 0 Å². The summed E-state index contributed by atoms with van der Waals surface area (Å²) in [6, 6.07) is 15.7. The van der Waals surface area contributed by atoms with Gasteiger partial charge in [-0.05, 0) is 37.1 Å². The van der Waals surface area contributed by atoms with E-state index in [1.807, 2.05) is 62.4 Å². The Morgan fingerprint density at radius 3 is 2.40 bits per heavy atom. The fourth-order valence-corrected chi connectivity index (χ4v) is 2.39. The molecule has 0 aliphatic carbocycles. The van der Waals surface area contributed by atoms with Crippen LogP contribution < -0.4 is 5.32 Å². The van der Waals surface area contributed by atoms with E-state index in [1.54, 1.807) is 0 Å². The molecule has 0 aliphatic heterocycles. The highest BCUT2D eigenvalue weighted by atomic mass is 16.1. The number of aryl methyl sites for hydroxylation is 2. The summed E-state index contributed by atoms with van der Waals surface area (Å²) in [4.78, 5) is 15.5. The lowest BCUT2D eigenvalue weighted by atomic mass is 10.1. The Balaban J connectivity index is 1.93. The molecule has 0 bridgehead atoms. The van der Waals surface area contributed by atoms with Crippen LogP contribution in [0.15, 0.2) is 48.5 Å². The van der Waals surface area contributed by atoms with Crippen molar-refractivity contribution in [1.29, 1.82) is 0 Å². The van der Waals surface area contributed by atoms with Gasteiger partial charge in [-0.15, -0.1) is 0 Å². The Kier molecular flexibility index (Phi) is 3.03. The van der Waals surface area contributed by atoms with Crippen molar-refractivity contribution in [2.75, 3.05) is 5.32 Å². The molecule has 0 saturated carbocycles. The molecule has 1 aromatic heterocycles. The van der Waals surface area contributed by atoms with Crippen LogP contribution in [0.2, 0.25) is 0 Å². The monoisotopic (exact) mass is 264 g/mol. The molecule has 0 unspecified atom stereocenters. The van der Waals surface area contributed by atoms with Gasteiger partial charge in [0.25, 0.3) is 5.91 Å². The van der Waals surface area contributed by atoms with Crippen LogP contribution in [0.5, 0.6) is 0 Å². The number of hydrogen-bond acceptors (Lipinski definition) is 1. The number of aromatic amines is 1. The van der Waals surface area contributed by atoms with Crippen molar-refractivity contribution < 1.29 is 4.79 Å². The maximum atomic E-state index is 12.3. The largest absolute Gasteiger partial charge is 0.351 e. The Morgan fingerprint density at radius 1 is 1.00 bits per heavy atom. The number of para-hydroxylation sites is 2. The average Bonchev–Trinajstić information content (AvgIpc) is 2.87. The van der Waals surface area contributed by atoms with Gasteiger partial charge in [0.2, 0.25) is 0 Å². The molecule has 0 radical (unpaired) electrons. The first-order chi connectivity index (χ1) is 9.65. The van der Waals surface area contributed by atoms with E-state index in [0.29, 0.717) is 5.69 Å². The molecule has 3 aromatic rings. The fraction of sp³-hybridized carbons (Fsp3) is 0.118. The number of H-pyrrole nitrogens is 1. The highest BCUT2D eigenvalue weighted by Crippen LogP contribution is 2.21. The van der Waals surface area contributed by atoms with E-state index in [1.165, 1.54) is 0 Å². The molecule has 1 amide bonds. The Hall–Kier alpha value is -2.55. The third-order valence-electron chi connectivity index (χ3n) is 3.49. The van der Waals surface area contributed by atoms with Gasteiger partial charge in [-0.3, -0.25) is 4.79 Å². The van der Waals surface area contributed by atoms with Crippen LogP contribution in [0.25, 0.3) is 10.9 Å². The van der Waals surface area contributed by atoms with Gasteiger partial charge in [-0.25, -0.2) is 0 Å². The zero-order valence-electron chi connectivity index (χ0n) is 11.5. The van der Waals surface area contributed by atoms with Crippen molar-refractivity contribution in [2.45, 2.75) is 13.8 Å². The molecule has 0 atom stereocenters. The Morgan fingerprint density at radius 2 is 1.70 bits per heavy atom. The van der Waals surface area contributed by atoms with Gasteiger partial charge in [0, 0.05) is 16.6 Å². The van der Waals surface area contributed by atoms with Crippen LogP contribution in [-0.4, -0.2) is 10.9 Å². The van der Waals surface area contributed by atoms with Gasteiger partial charge in [-0.1, -0.05) is 36.4 Å². The number of fused-ring (bicyclic) bond motifs is 1. The second kappa shape index (κ2) is 4.85. The van der Waals surface area contributed by atoms with E-state index in [2.05, 4.69) is 10.3 Å². The fourth-order valence-electron chi connectivity index (χ4n) is 2.39. The molecule has 3 nitrogen and oxygen atoms in total. The molecule has 0 aliphatic rings. The van der Waals surface area contributed by atoms with Gasteiger partial charge in [-0.2, -0.15) is 0 Å². The number of carbonyl (C=O) groups is 1. The zero-order chi connectivity index (χ0) is 14.1. The number of aromatic nitrogens is 1. The number of carbonyl (C=O) groups excluding carboxylic acids is 1. The van der Waals surface area contributed by atoms with Gasteiger partial charge in [0.1, 0.15) is 5.69 Å². The summed E-state index contributed by atoms with van der Waals surface area (Å²) in [6.45, 7) is 3.99. The van der Waals surface area contributed by atoms with E-state index in [-0.39, 0.29) is 5.91 Å². The molecule has 20 heavy (non-hydrogen) atoms. The lowest BCUT2D eigenvalue weighted by Gasteiger charge is -2.10. The average molecular weight is 264 g/mol. The summed E-state index contributed by atoms with van der Waals surface area (Å²) in [7, 11) is 0. The number of amides is 1. The number of hydrogen-bond donors (Lipinski definition) is 2. The van der Waals surface area contributed by atoms with Gasteiger partial charge >= 0.3 is 0 Å². The first-order valence-corrected chi connectivity index (χ1v) is 6.60. The van der Waals surface area contributed by atoms with Crippen molar-refractivity contribution in [3.8, 4) is 0 Å². The lowest BCUT2D eigenvalue weighted by molar-refractivity contribution is 0.102. The molecule has 2 N–H and O–H groups in total. The summed E-state index contributed by atoms with van der Waals surface area (Å²) >= 11 is 0. The molecule has 0 fully saturated rings.